The van der Waals surface area contributed by atoms with Crippen molar-refractivity contribution in [3.8, 4) is 0 Å². The average Bonchev–Trinajstić information content (AvgIpc) is 2.16. The van der Waals surface area contributed by atoms with Gasteiger partial charge in [-0.15, -0.1) is 11.6 Å². The number of carbonyl (C=O) groups is 1. The van der Waals surface area contributed by atoms with E-state index in [1.54, 1.807) is 0 Å². The van der Waals surface area contributed by atoms with Crippen molar-refractivity contribution in [2.24, 2.45) is 0 Å². The molecule has 1 aromatic carbocycles. The lowest BCUT2D eigenvalue weighted by Gasteiger charge is -2.02. The normalized spacial score (nSPS) is 9.79. The van der Waals surface area contributed by atoms with Crippen LogP contribution in [0.2, 0.25) is 0 Å². The predicted octanol–water partition coefficient (Wildman–Crippen LogP) is 2.03. The van der Waals surface area contributed by atoms with E-state index >= 15 is 0 Å². The highest BCUT2D eigenvalue weighted by atomic mass is 35.5. The molecule has 6 heteroatoms. The van der Waals surface area contributed by atoms with E-state index in [0.29, 0.717) is 0 Å². The largest absolute Gasteiger partial charge is 0.477 e. The third-order valence-electron chi connectivity index (χ3n) is 1.68. The van der Waals surface area contributed by atoms with Crippen molar-refractivity contribution in [1.29, 1.82) is 0 Å². The number of alkyl halides is 1. The van der Waals surface area contributed by atoms with E-state index in [9.17, 15) is 14.9 Å². The molecule has 0 bridgehead atoms. The van der Waals surface area contributed by atoms with Crippen molar-refractivity contribution in [2.45, 2.75) is 5.88 Å². The third kappa shape index (κ3) is 1.82. The molecule has 0 heterocycles. The number of hydrogen-bond acceptors (Lipinski definition) is 3. The van der Waals surface area contributed by atoms with Crippen LogP contribution in [-0.4, -0.2) is 16.0 Å². The molecule has 74 valence electrons. The smallest absolute Gasteiger partial charge is 0.343 e. The summed E-state index contributed by atoms with van der Waals surface area (Å²) < 4.78 is 0. The second kappa shape index (κ2) is 4.06. The lowest BCUT2D eigenvalue weighted by Crippen LogP contribution is -2.06. The zero-order valence-electron chi connectivity index (χ0n) is 6.94. The number of rotatable bonds is 3. The number of nitro benzene ring substituents is 1. The molecular weight excluding hydrogens is 210 g/mol. The molecule has 0 saturated heterocycles. The first-order valence-corrected chi connectivity index (χ1v) is 4.17. The summed E-state index contributed by atoms with van der Waals surface area (Å²) in [5, 5.41) is 19.3. The molecule has 0 aromatic heterocycles. The predicted molar refractivity (Wildman–Crippen MR) is 49.6 cm³/mol. The van der Waals surface area contributed by atoms with Crippen LogP contribution in [-0.2, 0) is 5.88 Å². The Labute approximate surface area is 84.1 Å². The molecule has 1 N–H and O–H groups in total. The van der Waals surface area contributed by atoms with Crippen LogP contribution in [0.25, 0.3) is 0 Å². The van der Waals surface area contributed by atoms with Gasteiger partial charge in [0.15, 0.2) is 0 Å². The molecule has 0 amide bonds. The fourth-order valence-corrected chi connectivity index (χ4v) is 1.32. The van der Waals surface area contributed by atoms with Crippen molar-refractivity contribution in [1.82, 2.24) is 0 Å². The number of carboxylic acids is 1. The maximum Gasteiger partial charge on any atom is 0.343 e. The summed E-state index contributed by atoms with van der Waals surface area (Å²) in [5.74, 6) is -1.41. The summed E-state index contributed by atoms with van der Waals surface area (Å²) >= 11 is 5.47. The van der Waals surface area contributed by atoms with E-state index in [1.807, 2.05) is 0 Å². The first-order valence-electron chi connectivity index (χ1n) is 3.63. The van der Waals surface area contributed by atoms with Gasteiger partial charge in [0.25, 0.3) is 5.69 Å². The summed E-state index contributed by atoms with van der Waals surface area (Å²) in [6, 6.07) is 3.99. The molecule has 1 aromatic rings. The fourth-order valence-electron chi connectivity index (χ4n) is 1.10. The molecule has 0 fully saturated rings. The maximum atomic E-state index is 10.7. The monoisotopic (exact) mass is 215 g/mol. The van der Waals surface area contributed by atoms with E-state index in [-0.39, 0.29) is 17.0 Å². The number of nitro groups is 1. The van der Waals surface area contributed by atoms with Gasteiger partial charge in [0.2, 0.25) is 0 Å². The van der Waals surface area contributed by atoms with E-state index in [1.165, 1.54) is 12.1 Å². The molecule has 14 heavy (non-hydrogen) atoms. The molecule has 0 atom stereocenters. The molecule has 0 aliphatic heterocycles. The molecule has 0 aliphatic rings. The Morgan fingerprint density at radius 1 is 1.57 bits per heavy atom. The first-order chi connectivity index (χ1) is 6.57. The van der Waals surface area contributed by atoms with Gasteiger partial charge >= 0.3 is 5.97 Å². The van der Waals surface area contributed by atoms with Crippen molar-refractivity contribution in [2.75, 3.05) is 0 Å². The summed E-state index contributed by atoms with van der Waals surface area (Å²) in [5.41, 5.74) is -0.531. The van der Waals surface area contributed by atoms with E-state index in [0.717, 1.165) is 6.07 Å². The summed E-state index contributed by atoms with van der Waals surface area (Å²) in [6.07, 6.45) is 0. The van der Waals surface area contributed by atoms with Crippen molar-refractivity contribution in [3.63, 3.8) is 0 Å². The van der Waals surface area contributed by atoms with Crippen LogP contribution in [0.1, 0.15) is 15.9 Å². The Kier molecular flexibility index (Phi) is 3.03. The Hall–Kier alpha value is -1.62. The van der Waals surface area contributed by atoms with E-state index in [4.69, 9.17) is 16.7 Å². The Balaban J connectivity index is 3.43. The molecule has 0 saturated carbocycles. The fraction of sp³-hybridized carbons (Fsp3) is 0.125. The van der Waals surface area contributed by atoms with Gasteiger partial charge in [-0.3, -0.25) is 10.1 Å². The van der Waals surface area contributed by atoms with Gasteiger partial charge in [-0.2, -0.15) is 0 Å². The molecule has 5 nitrogen and oxygen atoms in total. The number of aromatic carboxylic acids is 1. The van der Waals surface area contributed by atoms with E-state index in [2.05, 4.69) is 0 Å². The van der Waals surface area contributed by atoms with Gasteiger partial charge in [0, 0.05) is 11.9 Å². The minimum absolute atomic E-state index is 0.0662. The van der Waals surface area contributed by atoms with Gasteiger partial charge < -0.3 is 5.11 Å². The van der Waals surface area contributed by atoms with Crippen LogP contribution in [0, 0.1) is 10.1 Å². The van der Waals surface area contributed by atoms with Gasteiger partial charge in [-0.1, -0.05) is 12.1 Å². The van der Waals surface area contributed by atoms with Crippen LogP contribution in [0.3, 0.4) is 0 Å². The quantitative estimate of drug-likeness (QED) is 0.475. The number of carboxylic acid groups (broad SMARTS) is 1. The average molecular weight is 216 g/mol. The van der Waals surface area contributed by atoms with Gasteiger partial charge in [-0.25, -0.2) is 4.79 Å². The van der Waals surface area contributed by atoms with Crippen molar-refractivity contribution < 1.29 is 14.8 Å². The van der Waals surface area contributed by atoms with Crippen LogP contribution in [0.15, 0.2) is 18.2 Å². The maximum absolute atomic E-state index is 10.7. The second-order valence-corrected chi connectivity index (χ2v) is 2.77. The van der Waals surface area contributed by atoms with Gasteiger partial charge in [-0.05, 0) is 5.56 Å². The number of nitrogens with zero attached hydrogens (tertiary/aromatic N) is 1. The molecule has 1 rings (SSSR count). The van der Waals surface area contributed by atoms with Crippen LogP contribution < -0.4 is 0 Å². The number of benzene rings is 1. The zero-order valence-corrected chi connectivity index (χ0v) is 7.69. The molecule has 0 unspecified atom stereocenters. The summed E-state index contributed by atoms with van der Waals surface area (Å²) in [6.45, 7) is 0. The summed E-state index contributed by atoms with van der Waals surface area (Å²) in [4.78, 5) is 20.5. The standard InChI is InChI=1S/C8H6ClNO4/c9-4-5-2-1-3-6(10(13)14)7(5)8(11)12/h1-3H,4H2,(H,11,12). The molecule has 0 spiro atoms. The Morgan fingerprint density at radius 2 is 2.21 bits per heavy atom. The van der Waals surface area contributed by atoms with Crippen LogP contribution in [0.4, 0.5) is 5.69 Å². The van der Waals surface area contributed by atoms with Gasteiger partial charge in [0.1, 0.15) is 5.56 Å². The minimum Gasteiger partial charge on any atom is -0.477 e. The lowest BCUT2D eigenvalue weighted by molar-refractivity contribution is -0.385. The first kappa shape index (κ1) is 10.5. The topological polar surface area (TPSA) is 80.4 Å². The minimum atomic E-state index is -1.34. The Bertz CT molecular complexity index is 391. The molecule has 0 radical (unpaired) electrons. The summed E-state index contributed by atoms with van der Waals surface area (Å²) in [7, 11) is 0. The molecular formula is C8H6ClNO4. The van der Waals surface area contributed by atoms with Crippen molar-refractivity contribution in [3.05, 3.63) is 39.4 Å². The zero-order chi connectivity index (χ0) is 10.7. The Morgan fingerprint density at radius 3 is 2.64 bits per heavy atom. The number of halogens is 1. The highest BCUT2D eigenvalue weighted by Crippen LogP contribution is 2.23. The number of hydrogen-bond donors (Lipinski definition) is 1. The van der Waals surface area contributed by atoms with E-state index < -0.39 is 16.6 Å². The van der Waals surface area contributed by atoms with Gasteiger partial charge in [0.05, 0.1) is 4.92 Å². The van der Waals surface area contributed by atoms with Crippen LogP contribution in [0.5, 0.6) is 0 Å². The third-order valence-corrected chi connectivity index (χ3v) is 1.97. The second-order valence-electron chi connectivity index (χ2n) is 2.51. The van der Waals surface area contributed by atoms with Crippen molar-refractivity contribution >= 4 is 23.3 Å². The SMILES string of the molecule is O=C(O)c1c(CCl)cccc1[N+](=O)[O-]. The lowest BCUT2D eigenvalue weighted by atomic mass is 10.1. The highest BCUT2D eigenvalue weighted by Gasteiger charge is 2.22. The highest BCUT2D eigenvalue weighted by molar-refractivity contribution is 6.17. The van der Waals surface area contributed by atoms with Crippen LogP contribution >= 0.6 is 11.6 Å². The molecule has 0 aliphatic carbocycles.